The molecule has 0 atom stereocenters. The van der Waals surface area contributed by atoms with Gasteiger partial charge in [-0.1, -0.05) is 12.1 Å². The van der Waals surface area contributed by atoms with Crippen LogP contribution >= 0.6 is 0 Å². The van der Waals surface area contributed by atoms with Crippen molar-refractivity contribution < 1.29 is 9.53 Å². The van der Waals surface area contributed by atoms with E-state index >= 15 is 0 Å². The number of nitriles is 3. The lowest BCUT2D eigenvalue weighted by Gasteiger charge is -2.33. The lowest BCUT2D eigenvalue weighted by molar-refractivity contribution is 0.0198. The number of benzene rings is 1. The predicted octanol–water partition coefficient (Wildman–Crippen LogP) is 3.41. The molecule has 0 unspecified atom stereocenters. The second-order valence-electron chi connectivity index (χ2n) is 8.03. The summed E-state index contributed by atoms with van der Waals surface area (Å²) in [5.74, 6) is 0. The molecule has 0 aliphatic carbocycles. The first-order valence-electron chi connectivity index (χ1n) is 9.77. The van der Waals surface area contributed by atoms with Crippen molar-refractivity contribution in [1.82, 2.24) is 10.2 Å². The maximum absolute atomic E-state index is 12.1. The number of nitrogens with one attached hydrogen (secondary N) is 2. The zero-order chi connectivity index (χ0) is 22.1. The van der Waals surface area contributed by atoms with Gasteiger partial charge in [-0.15, -0.1) is 0 Å². The van der Waals surface area contributed by atoms with Gasteiger partial charge < -0.3 is 20.3 Å². The molecule has 0 aromatic heterocycles. The number of anilines is 1. The summed E-state index contributed by atoms with van der Waals surface area (Å²) in [4.78, 5) is 13.9. The van der Waals surface area contributed by atoms with Gasteiger partial charge in [0.15, 0.2) is 5.57 Å². The number of piperidine rings is 1. The second kappa shape index (κ2) is 10.3. The van der Waals surface area contributed by atoms with Crippen molar-refractivity contribution in [1.29, 1.82) is 15.8 Å². The van der Waals surface area contributed by atoms with Crippen LogP contribution in [0.1, 0.15) is 39.2 Å². The number of likely N-dealkylation sites (tertiary alicyclic amines) is 1. The molecule has 1 amide bonds. The van der Waals surface area contributed by atoms with Crippen molar-refractivity contribution >= 4 is 11.8 Å². The van der Waals surface area contributed by atoms with E-state index in [9.17, 15) is 4.79 Å². The summed E-state index contributed by atoms with van der Waals surface area (Å²) in [6.45, 7) is 7.60. The SMILES string of the molecule is CC(C)(C)OC(=O)N1CCC(NCc2ccc(NC(C#N)=C(C#N)C#N)cc2)CC1. The molecule has 30 heavy (non-hydrogen) atoms. The van der Waals surface area contributed by atoms with E-state index in [1.165, 1.54) is 0 Å². The van der Waals surface area contributed by atoms with Crippen LogP contribution in [-0.4, -0.2) is 35.7 Å². The van der Waals surface area contributed by atoms with E-state index in [-0.39, 0.29) is 17.4 Å². The number of amides is 1. The van der Waals surface area contributed by atoms with Crippen molar-refractivity contribution in [3.05, 3.63) is 41.1 Å². The predicted molar refractivity (Wildman–Crippen MR) is 112 cm³/mol. The van der Waals surface area contributed by atoms with Crippen molar-refractivity contribution in [3.8, 4) is 18.2 Å². The van der Waals surface area contributed by atoms with Crippen molar-refractivity contribution in [2.45, 2.75) is 51.8 Å². The standard InChI is InChI=1S/C22H26N6O2/c1-22(2,3)30-21(29)28-10-8-18(9-11-28)26-15-16-4-6-19(7-5-16)27-20(14-25)17(12-23)13-24/h4-7,18,26-27H,8-11,15H2,1-3H3. The first-order valence-corrected chi connectivity index (χ1v) is 9.77. The molecule has 156 valence electrons. The van der Waals surface area contributed by atoms with Gasteiger partial charge in [-0.3, -0.25) is 0 Å². The molecule has 0 bridgehead atoms. The van der Waals surface area contributed by atoms with Crippen LogP contribution in [-0.2, 0) is 11.3 Å². The summed E-state index contributed by atoms with van der Waals surface area (Å²) in [6, 6.07) is 13.0. The number of allylic oxidation sites excluding steroid dienone is 2. The zero-order valence-electron chi connectivity index (χ0n) is 17.5. The lowest BCUT2D eigenvalue weighted by Crippen LogP contribution is -2.46. The van der Waals surface area contributed by atoms with Gasteiger partial charge >= 0.3 is 6.09 Å². The van der Waals surface area contributed by atoms with E-state index in [4.69, 9.17) is 20.5 Å². The minimum Gasteiger partial charge on any atom is -0.444 e. The molecular formula is C22H26N6O2. The minimum absolute atomic E-state index is 0.0670. The summed E-state index contributed by atoms with van der Waals surface area (Å²) >= 11 is 0. The monoisotopic (exact) mass is 406 g/mol. The Kier molecular flexibility index (Phi) is 7.81. The molecular weight excluding hydrogens is 380 g/mol. The van der Waals surface area contributed by atoms with Crippen LogP contribution in [0.3, 0.4) is 0 Å². The van der Waals surface area contributed by atoms with Gasteiger partial charge in [0.05, 0.1) is 0 Å². The largest absolute Gasteiger partial charge is 0.444 e. The highest BCUT2D eigenvalue weighted by atomic mass is 16.6. The van der Waals surface area contributed by atoms with Gasteiger partial charge in [0, 0.05) is 31.4 Å². The topological polar surface area (TPSA) is 125 Å². The van der Waals surface area contributed by atoms with E-state index in [1.807, 2.05) is 39.0 Å². The number of rotatable bonds is 5. The zero-order valence-corrected chi connectivity index (χ0v) is 17.5. The Morgan fingerprint density at radius 1 is 1.10 bits per heavy atom. The maximum Gasteiger partial charge on any atom is 0.410 e. The van der Waals surface area contributed by atoms with E-state index in [0.29, 0.717) is 31.4 Å². The van der Waals surface area contributed by atoms with Crippen LogP contribution in [0.25, 0.3) is 0 Å². The fourth-order valence-electron chi connectivity index (χ4n) is 2.99. The average molecular weight is 406 g/mol. The van der Waals surface area contributed by atoms with Crippen LogP contribution in [0.4, 0.5) is 10.5 Å². The van der Waals surface area contributed by atoms with Crippen molar-refractivity contribution in [3.63, 3.8) is 0 Å². The number of hydrogen-bond donors (Lipinski definition) is 2. The highest BCUT2D eigenvalue weighted by Gasteiger charge is 2.26. The molecule has 1 aromatic carbocycles. The van der Waals surface area contributed by atoms with Crippen LogP contribution in [0.2, 0.25) is 0 Å². The summed E-state index contributed by atoms with van der Waals surface area (Å²) in [7, 11) is 0. The first kappa shape index (κ1) is 22.7. The maximum atomic E-state index is 12.1. The third-order valence-electron chi connectivity index (χ3n) is 4.55. The summed E-state index contributed by atoms with van der Waals surface area (Å²) < 4.78 is 5.42. The number of hydrogen-bond acceptors (Lipinski definition) is 7. The molecule has 0 radical (unpaired) electrons. The van der Waals surface area contributed by atoms with Gasteiger partial charge in [0.2, 0.25) is 0 Å². The lowest BCUT2D eigenvalue weighted by atomic mass is 10.0. The Balaban J connectivity index is 1.82. The summed E-state index contributed by atoms with van der Waals surface area (Å²) in [5, 5.41) is 33.2. The quantitative estimate of drug-likeness (QED) is 0.718. The molecule has 0 saturated carbocycles. The molecule has 0 spiro atoms. The van der Waals surface area contributed by atoms with Gasteiger partial charge in [-0.25, -0.2) is 4.79 Å². The molecule has 8 heteroatoms. The van der Waals surface area contributed by atoms with E-state index in [1.54, 1.807) is 29.2 Å². The second-order valence-corrected chi connectivity index (χ2v) is 8.03. The Labute approximate surface area is 177 Å². The molecule has 1 aromatic rings. The third kappa shape index (κ3) is 6.81. The van der Waals surface area contributed by atoms with Gasteiger partial charge in [0.25, 0.3) is 0 Å². The van der Waals surface area contributed by atoms with Gasteiger partial charge in [-0.05, 0) is 51.3 Å². The average Bonchev–Trinajstić information content (AvgIpc) is 2.72. The van der Waals surface area contributed by atoms with Crippen LogP contribution < -0.4 is 10.6 Å². The first-order chi connectivity index (χ1) is 14.3. The van der Waals surface area contributed by atoms with E-state index in [0.717, 1.165) is 18.4 Å². The molecule has 8 nitrogen and oxygen atoms in total. The number of carbonyl (C=O) groups excluding carboxylic acids is 1. The normalized spacial score (nSPS) is 14.1. The number of carbonyl (C=O) groups is 1. The molecule has 2 rings (SSSR count). The van der Waals surface area contributed by atoms with Crippen LogP contribution in [0.5, 0.6) is 0 Å². The summed E-state index contributed by atoms with van der Waals surface area (Å²) in [6.07, 6.45) is 1.46. The highest BCUT2D eigenvalue weighted by molar-refractivity contribution is 5.68. The number of nitrogens with zero attached hydrogens (tertiary/aromatic N) is 4. The molecule has 1 saturated heterocycles. The van der Waals surface area contributed by atoms with Crippen LogP contribution in [0.15, 0.2) is 35.5 Å². The molecule has 1 aliphatic rings. The Morgan fingerprint density at radius 3 is 2.20 bits per heavy atom. The Morgan fingerprint density at radius 2 is 1.70 bits per heavy atom. The van der Waals surface area contributed by atoms with Crippen molar-refractivity contribution in [2.24, 2.45) is 0 Å². The summed E-state index contributed by atoms with van der Waals surface area (Å²) in [5.41, 5.74) is 0.896. The third-order valence-corrected chi connectivity index (χ3v) is 4.55. The van der Waals surface area contributed by atoms with E-state index in [2.05, 4.69) is 10.6 Å². The molecule has 2 N–H and O–H groups in total. The number of ether oxygens (including phenoxy) is 1. The Bertz CT molecular complexity index is 885. The minimum atomic E-state index is -0.484. The van der Waals surface area contributed by atoms with Crippen LogP contribution in [0, 0.1) is 34.0 Å². The molecule has 1 heterocycles. The van der Waals surface area contributed by atoms with Gasteiger partial charge in [-0.2, -0.15) is 15.8 Å². The van der Waals surface area contributed by atoms with Crippen molar-refractivity contribution in [2.75, 3.05) is 18.4 Å². The molecule has 1 aliphatic heterocycles. The fourth-order valence-corrected chi connectivity index (χ4v) is 2.99. The smallest absolute Gasteiger partial charge is 0.410 e. The molecule has 1 fully saturated rings. The van der Waals surface area contributed by atoms with E-state index < -0.39 is 5.60 Å². The fraction of sp³-hybridized carbons (Fsp3) is 0.455. The van der Waals surface area contributed by atoms with Gasteiger partial charge in [0.1, 0.15) is 29.5 Å². The highest BCUT2D eigenvalue weighted by Crippen LogP contribution is 2.17. The Hall–Kier alpha value is -3.54.